The number of nitrogens with one attached hydrogen (secondary N) is 1. The highest BCUT2D eigenvalue weighted by molar-refractivity contribution is 5.57. The predicted octanol–water partition coefficient (Wildman–Crippen LogP) is 4.07. The molecular formula is C23H26N2O2. The average Bonchev–Trinajstić information content (AvgIpc) is 3.19. The molecule has 4 rings (SSSR count). The Bertz CT molecular complexity index is 838. The van der Waals surface area contributed by atoms with Gasteiger partial charge in [-0.15, -0.1) is 0 Å². The van der Waals surface area contributed by atoms with Gasteiger partial charge in [0.2, 0.25) is 0 Å². The summed E-state index contributed by atoms with van der Waals surface area (Å²) in [6.07, 6.45) is 0. The number of hydrogen-bond acceptors (Lipinski definition) is 4. The molecule has 1 aliphatic rings. The van der Waals surface area contributed by atoms with E-state index in [-0.39, 0.29) is 0 Å². The molecule has 3 aromatic rings. The maximum Gasteiger partial charge on any atom is 0.134 e. The zero-order valence-electron chi connectivity index (χ0n) is 15.6. The van der Waals surface area contributed by atoms with Gasteiger partial charge in [-0.05, 0) is 23.3 Å². The van der Waals surface area contributed by atoms with Crippen LogP contribution in [0.1, 0.15) is 16.9 Å². The summed E-state index contributed by atoms with van der Waals surface area (Å²) in [5.41, 5.74) is 3.77. The third-order valence-corrected chi connectivity index (χ3v) is 4.85. The zero-order chi connectivity index (χ0) is 18.3. The lowest BCUT2D eigenvalue weighted by atomic mass is 10.1. The summed E-state index contributed by atoms with van der Waals surface area (Å²) in [7, 11) is 0. The first-order valence-electron chi connectivity index (χ1n) is 9.59. The van der Waals surface area contributed by atoms with E-state index in [9.17, 15) is 0 Å². The minimum atomic E-state index is 0.723. The summed E-state index contributed by atoms with van der Waals surface area (Å²) >= 11 is 0. The normalized spacial score (nSPS) is 15.1. The van der Waals surface area contributed by atoms with Crippen molar-refractivity contribution < 1.29 is 9.15 Å². The molecule has 1 saturated heterocycles. The van der Waals surface area contributed by atoms with Gasteiger partial charge in [0.25, 0.3) is 0 Å². The van der Waals surface area contributed by atoms with Gasteiger partial charge in [0.05, 0.1) is 19.8 Å². The molecule has 0 amide bonds. The third-order valence-electron chi connectivity index (χ3n) is 4.85. The molecule has 0 unspecified atom stereocenters. The van der Waals surface area contributed by atoms with Crippen LogP contribution >= 0.6 is 0 Å². The fourth-order valence-corrected chi connectivity index (χ4v) is 3.42. The fourth-order valence-electron chi connectivity index (χ4n) is 3.42. The molecule has 4 nitrogen and oxygen atoms in total. The van der Waals surface area contributed by atoms with Gasteiger partial charge in [0.1, 0.15) is 11.5 Å². The second-order valence-electron chi connectivity index (χ2n) is 6.94. The van der Waals surface area contributed by atoms with Gasteiger partial charge >= 0.3 is 0 Å². The standard InChI is InChI=1S/C23H26N2O2/c1-2-7-21(8-3-1)23-10-9-22(27-23)17-24-16-19-5-4-6-20(15-19)18-25-11-13-26-14-12-25/h1-10,15,24H,11-14,16-18H2. The highest BCUT2D eigenvalue weighted by atomic mass is 16.5. The van der Waals surface area contributed by atoms with Crippen molar-refractivity contribution in [2.75, 3.05) is 26.3 Å². The molecule has 2 heterocycles. The molecule has 0 spiro atoms. The largest absolute Gasteiger partial charge is 0.460 e. The van der Waals surface area contributed by atoms with Gasteiger partial charge in [-0.3, -0.25) is 4.90 Å². The van der Waals surface area contributed by atoms with Crippen molar-refractivity contribution in [2.24, 2.45) is 0 Å². The van der Waals surface area contributed by atoms with Crippen LogP contribution < -0.4 is 5.32 Å². The van der Waals surface area contributed by atoms with Gasteiger partial charge < -0.3 is 14.5 Å². The van der Waals surface area contributed by atoms with Crippen molar-refractivity contribution in [1.82, 2.24) is 10.2 Å². The molecule has 4 heteroatoms. The minimum Gasteiger partial charge on any atom is -0.460 e. The van der Waals surface area contributed by atoms with Crippen LogP contribution in [0.5, 0.6) is 0 Å². The number of nitrogens with zero attached hydrogens (tertiary/aromatic N) is 1. The highest BCUT2D eigenvalue weighted by Gasteiger charge is 2.10. The molecule has 2 aromatic carbocycles. The van der Waals surface area contributed by atoms with Crippen molar-refractivity contribution >= 4 is 0 Å². The average molecular weight is 362 g/mol. The Morgan fingerprint density at radius 3 is 2.48 bits per heavy atom. The van der Waals surface area contributed by atoms with E-state index >= 15 is 0 Å². The number of benzene rings is 2. The van der Waals surface area contributed by atoms with Crippen molar-refractivity contribution in [1.29, 1.82) is 0 Å². The fraction of sp³-hybridized carbons (Fsp3) is 0.304. The smallest absolute Gasteiger partial charge is 0.134 e. The Balaban J connectivity index is 1.29. The molecule has 0 bridgehead atoms. The second-order valence-corrected chi connectivity index (χ2v) is 6.94. The molecular weight excluding hydrogens is 336 g/mol. The van der Waals surface area contributed by atoms with Crippen LogP contribution in [0.4, 0.5) is 0 Å². The van der Waals surface area contributed by atoms with Crippen molar-refractivity contribution in [3.8, 4) is 11.3 Å². The number of morpholine rings is 1. The summed E-state index contributed by atoms with van der Waals surface area (Å²) in [5.74, 6) is 1.87. The molecule has 140 valence electrons. The van der Waals surface area contributed by atoms with Crippen LogP contribution in [0.25, 0.3) is 11.3 Å². The Kier molecular flexibility index (Phi) is 5.99. The SMILES string of the molecule is c1ccc(-c2ccc(CNCc3cccc(CN4CCOCC4)c3)o2)cc1. The summed E-state index contributed by atoms with van der Waals surface area (Å²) in [4.78, 5) is 2.45. The van der Waals surface area contributed by atoms with Crippen LogP contribution in [-0.4, -0.2) is 31.2 Å². The first kappa shape index (κ1) is 18.0. The number of rotatable bonds is 7. The Morgan fingerprint density at radius 1 is 0.815 bits per heavy atom. The van der Waals surface area contributed by atoms with Crippen LogP contribution in [0, 0.1) is 0 Å². The van der Waals surface area contributed by atoms with E-state index in [2.05, 4.69) is 46.6 Å². The van der Waals surface area contributed by atoms with Gasteiger partial charge in [0, 0.05) is 31.7 Å². The lowest BCUT2D eigenvalue weighted by Gasteiger charge is -2.26. The first-order valence-corrected chi connectivity index (χ1v) is 9.59. The maximum atomic E-state index is 5.95. The van der Waals surface area contributed by atoms with Gasteiger partial charge in [-0.25, -0.2) is 0 Å². The quantitative estimate of drug-likeness (QED) is 0.688. The Hall–Kier alpha value is -2.40. The summed E-state index contributed by atoms with van der Waals surface area (Å²) < 4.78 is 11.4. The highest BCUT2D eigenvalue weighted by Crippen LogP contribution is 2.21. The Morgan fingerprint density at radius 2 is 1.63 bits per heavy atom. The van der Waals surface area contributed by atoms with Crippen molar-refractivity contribution in [2.45, 2.75) is 19.6 Å². The van der Waals surface area contributed by atoms with Crippen LogP contribution in [-0.2, 0) is 24.4 Å². The molecule has 0 aliphatic carbocycles. The van der Waals surface area contributed by atoms with E-state index in [0.29, 0.717) is 0 Å². The van der Waals surface area contributed by atoms with E-state index in [1.165, 1.54) is 11.1 Å². The molecule has 1 fully saturated rings. The topological polar surface area (TPSA) is 37.6 Å². The molecule has 0 radical (unpaired) electrons. The summed E-state index contributed by atoms with van der Waals surface area (Å²) in [6, 6.07) is 23.1. The van der Waals surface area contributed by atoms with Crippen molar-refractivity contribution in [3.63, 3.8) is 0 Å². The Labute approximate surface area is 160 Å². The summed E-state index contributed by atoms with van der Waals surface area (Å²) in [6.45, 7) is 6.27. The van der Waals surface area contributed by atoms with Crippen LogP contribution in [0.15, 0.2) is 71.1 Å². The van der Waals surface area contributed by atoms with E-state index in [1.54, 1.807) is 0 Å². The molecule has 0 saturated carbocycles. The zero-order valence-corrected chi connectivity index (χ0v) is 15.6. The summed E-state index contributed by atoms with van der Waals surface area (Å²) in [5, 5.41) is 3.49. The van der Waals surface area contributed by atoms with E-state index in [0.717, 1.165) is 63.0 Å². The lowest BCUT2D eigenvalue weighted by molar-refractivity contribution is 0.0342. The second kappa shape index (κ2) is 9.00. The number of hydrogen-bond donors (Lipinski definition) is 1. The first-order chi connectivity index (χ1) is 13.4. The number of furan rings is 1. The molecule has 0 atom stereocenters. The molecule has 1 aromatic heterocycles. The maximum absolute atomic E-state index is 5.95. The number of ether oxygens (including phenoxy) is 1. The molecule has 27 heavy (non-hydrogen) atoms. The van der Waals surface area contributed by atoms with E-state index in [1.807, 2.05) is 30.3 Å². The van der Waals surface area contributed by atoms with Crippen LogP contribution in [0.3, 0.4) is 0 Å². The van der Waals surface area contributed by atoms with Gasteiger partial charge in [0.15, 0.2) is 0 Å². The minimum absolute atomic E-state index is 0.723. The third kappa shape index (κ3) is 5.07. The van der Waals surface area contributed by atoms with Gasteiger partial charge in [-0.1, -0.05) is 54.6 Å². The van der Waals surface area contributed by atoms with Crippen molar-refractivity contribution in [3.05, 3.63) is 83.6 Å². The predicted molar refractivity (Wildman–Crippen MR) is 107 cm³/mol. The van der Waals surface area contributed by atoms with Gasteiger partial charge in [-0.2, -0.15) is 0 Å². The van der Waals surface area contributed by atoms with Crippen LogP contribution in [0.2, 0.25) is 0 Å². The van der Waals surface area contributed by atoms with E-state index in [4.69, 9.17) is 9.15 Å². The lowest BCUT2D eigenvalue weighted by Crippen LogP contribution is -2.35. The molecule has 1 N–H and O–H groups in total. The molecule has 1 aliphatic heterocycles. The van der Waals surface area contributed by atoms with E-state index < -0.39 is 0 Å². The monoisotopic (exact) mass is 362 g/mol.